The Hall–Kier alpha value is -1.33. The fourth-order valence-corrected chi connectivity index (χ4v) is 2.17. The summed E-state index contributed by atoms with van der Waals surface area (Å²) in [5.41, 5.74) is 1.46. The van der Waals surface area contributed by atoms with Crippen molar-refractivity contribution in [3.05, 3.63) is 23.5 Å². The third-order valence-corrected chi connectivity index (χ3v) is 3.29. The Morgan fingerprint density at radius 3 is 3.17 bits per heavy atom. The van der Waals surface area contributed by atoms with Crippen LogP contribution in [0.3, 0.4) is 0 Å². The summed E-state index contributed by atoms with van der Waals surface area (Å²) in [6.45, 7) is 3.68. The molecule has 2 atom stereocenters. The van der Waals surface area contributed by atoms with E-state index in [1.54, 1.807) is 6.07 Å². The monoisotopic (exact) mass is 252 g/mol. The second-order valence-electron chi connectivity index (χ2n) is 4.61. The van der Waals surface area contributed by atoms with Gasteiger partial charge in [-0.05, 0) is 31.9 Å². The summed E-state index contributed by atoms with van der Waals surface area (Å²) in [5, 5.41) is 3.40. The van der Waals surface area contributed by atoms with E-state index in [0.29, 0.717) is 24.4 Å². The van der Waals surface area contributed by atoms with Crippen LogP contribution in [0.15, 0.2) is 12.1 Å². The largest absolute Gasteiger partial charge is 0.464 e. The molecule has 1 aromatic rings. The molecule has 0 spiro atoms. The highest BCUT2D eigenvalue weighted by Crippen LogP contribution is 2.15. The smallest absolute Gasteiger partial charge is 0.354 e. The van der Waals surface area contributed by atoms with Crippen LogP contribution < -0.4 is 5.32 Å². The fourth-order valence-electron chi connectivity index (χ4n) is 2.17. The molecule has 0 radical (unpaired) electrons. The number of carbonyl (C=O) groups excluding carboxylic acids is 1. The van der Waals surface area contributed by atoms with Crippen LogP contribution in [0.2, 0.25) is 0 Å². The van der Waals surface area contributed by atoms with Gasteiger partial charge in [-0.3, -0.25) is 0 Å². The minimum absolute atomic E-state index is 0.306. The van der Waals surface area contributed by atoms with Gasteiger partial charge in [0.15, 0.2) is 0 Å². The predicted molar refractivity (Wildman–Crippen MR) is 67.4 cm³/mol. The van der Waals surface area contributed by atoms with Gasteiger partial charge < -0.3 is 19.8 Å². The number of hydrogen-bond donors (Lipinski definition) is 2. The van der Waals surface area contributed by atoms with E-state index in [0.717, 1.165) is 25.1 Å². The highest BCUT2D eigenvalue weighted by molar-refractivity contribution is 5.87. The molecule has 100 valence electrons. The normalized spacial score (nSPS) is 20.9. The van der Waals surface area contributed by atoms with Gasteiger partial charge in [0.1, 0.15) is 5.69 Å². The number of esters is 1. The molecule has 1 saturated heterocycles. The maximum Gasteiger partial charge on any atom is 0.354 e. The van der Waals surface area contributed by atoms with Crippen molar-refractivity contribution in [1.29, 1.82) is 0 Å². The van der Waals surface area contributed by atoms with E-state index in [1.165, 1.54) is 7.11 Å². The van der Waals surface area contributed by atoms with E-state index in [2.05, 4.69) is 22.0 Å². The van der Waals surface area contributed by atoms with Crippen LogP contribution in [0.1, 0.15) is 35.9 Å². The molecule has 2 heterocycles. The van der Waals surface area contributed by atoms with Crippen LogP contribution in [0.5, 0.6) is 0 Å². The number of rotatable bonds is 5. The Bertz CT molecular complexity index is 397. The van der Waals surface area contributed by atoms with Gasteiger partial charge in [0.05, 0.1) is 13.2 Å². The van der Waals surface area contributed by atoms with E-state index >= 15 is 0 Å². The summed E-state index contributed by atoms with van der Waals surface area (Å²) in [7, 11) is 1.38. The van der Waals surface area contributed by atoms with Gasteiger partial charge in [0.2, 0.25) is 0 Å². The molecule has 0 aliphatic carbocycles. The average Bonchev–Trinajstić information content (AvgIpc) is 3.05. The first-order chi connectivity index (χ1) is 8.70. The first-order valence-electron chi connectivity index (χ1n) is 6.32. The minimum atomic E-state index is -0.339. The first-order valence-corrected chi connectivity index (χ1v) is 6.32. The molecule has 1 aliphatic heterocycles. The average molecular weight is 252 g/mol. The SMILES string of the molecule is COC(=O)c1ccc(CNC(C)C2CCCO2)[nH]1. The van der Waals surface area contributed by atoms with Crippen molar-refractivity contribution >= 4 is 5.97 Å². The molecule has 0 bridgehead atoms. The van der Waals surface area contributed by atoms with Crippen molar-refractivity contribution in [2.45, 2.75) is 38.5 Å². The molecule has 18 heavy (non-hydrogen) atoms. The van der Waals surface area contributed by atoms with Crippen molar-refractivity contribution in [2.24, 2.45) is 0 Å². The second-order valence-corrected chi connectivity index (χ2v) is 4.61. The van der Waals surface area contributed by atoms with Crippen LogP contribution in [-0.4, -0.2) is 36.8 Å². The van der Waals surface area contributed by atoms with Crippen LogP contribution >= 0.6 is 0 Å². The van der Waals surface area contributed by atoms with Gasteiger partial charge in [-0.25, -0.2) is 4.79 Å². The van der Waals surface area contributed by atoms with Crippen LogP contribution in [0.25, 0.3) is 0 Å². The molecule has 2 unspecified atom stereocenters. The van der Waals surface area contributed by atoms with E-state index in [4.69, 9.17) is 4.74 Å². The van der Waals surface area contributed by atoms with Crippen LogP contribution in [-0.2, 0) is 16.0 Å². The number of nitrogens with one attached hydrogen (secondary N) is 2. The lowest BCUT2D eigenvalue weighted by atomic mass is 10.1. The lowest BCUT2D eigenvalue weighted by Gasteiger charge is -2.19. The summed E-state index contributed by atoms with van der Waals surface area (Å²) in [4.78, 5) is 14.3. The highest BCUT2D eigenvalue weighted by Gasteiger charge is 2.21. The lowest BCUT2D eigenvalue weighted by molar-refractivity contribution is 0.0594. The maximum atomic E-state index is 11.3. The van der Waals surface area contributed by atoms with Crippen molar-refractivity contribution in [1.82, 2.24) is 10.3 Å². The number of hydrogen-bond acceptors (Lipinski definition) is 4. The number of ether oxygens (including phenoxy) is 2. The van der Waals surface area contributed by atoms with Crippen molar-refractivity contribution in [2.75, 3.05) is 13.7 Å². The predicted octanol–water partition coefficient (Wildman–Crippen LogP) is 1.46. The molecule has 5 heteroatoms. The van der Waals surface area contributed by atoms with Crippen LogP contribution in [0, 0.1) is 0 Å². The maximum absolute atomic E-state index is 11.3. The van der Waals surface area contributed by atoms with E-state index in [1.807, 2.05) is 6.07 Å². The molecule has 0 aromatic carbocycles. The summed E-state index contributed by atoms with van der Waals surface area (Å²) < 4.78 is 10.3. The summed E-state index contributed by atoms with van der Waals surface area (Å²) >= 11 is 0. The molecule has 2 N–H and O–H groups in total. The molecular weight excluding hydrogens is 232 g/mol. The Morgan fingerprint density at radius 2 is 2.50 bits per heavy atom. The van der Waals surface area contributed by atoms with Crippen LogP contribution in [0.4, 0.5) is 0 Å². The molecule has 2 rings (SSSR count). The zero-order chi connectivity index (χ0) is 13.0. The van der Waals surface area contributed by atoms with Gasteiger partial charge in [0.25, 0.3) is 0 Å². The molecule has 1 fully saturated rings. The zero-order valence-corrected chi connectivity index (χ0v) is 10.9. The van der Waals surface area contributed by atoms with Gasteiger partial charge >= 0.3 is 5.97 Å². The first kappa shape index (κ1) is 13.1. The van der Waals surface area contributed by atoms with E-state index in [9.17, 15) is 4.79 Å². The Kier molecular flexibility index (Phi) is 4.38. The lowest BCUT2D eigenvalue weighted by Crippen LogP contribution is -2.36. The van der Waals surface area contributed by atoms with Gasteiger partial charge in [-0.15, -0.1) is 0 Å². The third-order valence-electron chi connectivity index (χ3n) is 3.29. The molecule has 0 amide bonds. The highest BCUT2D eigenvalue weighted by atomic mass is 16.5. The van der Waals surface area contributed by atoms with Crippen molar-refractivity contribution < 1.29 is 14.3 Å². The minimum Gasteiger partial charge on any atom is -0.464 e. The summed E-state index contributed by atoms with van der Waals surface area (Å²) in [6, 6.07) is 3.94. The second kappa shape index (κ2) is 6.02. The molecule has 1 aromatic heterocycles. The molecule has 1 aliphatic rings. The van der Waals surface area contributed by atoms with Crippen molar-refractivity contribution in [3.63, 3.8) is 0 Å². The topological polar surface area (TPSA) is 63.4 Å². The van der Waals surface area contributed by atoms with Crippen molar-refractivity contribution in [3.8, 4) is 0 Å². The number of H-pyrrole nitrogens is 1. The molecule has 0 saturated carbocycles. The standard InChI is InChI=1S/C13H20N2O3/c1-9(12-4-3-7-18-12)14-8-10-5-6-11(15-10)13(16)17-2/h5-6,9,12,14-15H,3-4,7-8H2,1-2H3. The Balaban J connectivity index is 1.82. The fraction of sp³-hybridized carbons (Fsp3) is 0.615. The van der Waals surface area contributed by atoms with Gasteiger partial charge in [-0.1, -0.05) is 0 Å². The number of aromatic nitrogens is 1. The Labute approximate surface area is 107 Å². The number of methoxy groups -OCH3 is 1. The Morgan fingerprint density at radius 1 is 1.67 bits per heavy atom. The summed E-state index contributed by atoms with van der Waals surface area (Å²) in [5.74, 6) is -0.339. The molecular formula is C13H20N2O3. The van der Waals surface area contributed by atoms with E-state index in [-0.39, 0.29) is 5.97 Å². The molecule has 5 nitrogen and oxygen atoms in total. The summed E-state index contributed by atoms with van der Waals surface area (Å²) in [6.07, 6.45) is 2.57. The number of aromatic amines is 1. The number of carbonyl (C=O) groups is 1. The van der Waals surface area contributed by atoms with E-state index < -0.39 is 0 Å². The zero-order valence-electron chi connectivity index (χ0n) is 10.9. The van der Waals surface area contributed by atoms with Gasteiger partial charge in [0, 0.05) is 24.9 Å². The quantitative estimate of drug-likeness (QED) is 0.779. The van der Waals surface area contributed by atoms with Gasteiger partial charge in [-0.2, -0.15) is 0 Å². The third kappa shape index (κ3) is 3.11.